The Morgan fingerprint density at radius 1 is 1.47 bits per heavy atom. The van der Waals surface area contributed by atoms with Gasteiger partial charge in [-0.25, -0.2) is 4.79 Å². The summed E-state index contributed by atoms with van der Waals surface area (Å²) in [6.45, 7) is 3.97. The molecule has 1 aromatic carbocycles. The van der Waals surface area contributed by atoms with Crippen molar-refractivity contribution in [3.63, 3.8) is 0 Å². The number of hydrogen-bond acceptors (Lipinski definition) is 1. The van der Waals surface area contributed by atoms with Crippen molar-refractivity contribution < 1.29 is 9.90 Å². The molecule has 0 spiro atoms. The van der Waals surface area contributed by atoms with Crippen LogP contribution in [-0.4, -0.2) is 22.1 Å². The third-order valence-corrected chi connectivity index (χ3v) is 3.96. The molecule has 19 heavy (non-hydrogen) atoms. The molecule has 1 aliphatic rings. The monoisotopic (exact) mass is 299 g/mol. The van der Waals surface area contributed by atoms with Gasteiger partial charge in [0.1, 0.15) is 0 Å². The Balaban J connectivity index is 2.26. The fourth-order valence-corrected chi connectivity index (χ4v) is 2.46. The van der Waals surface area contributed by atoms with Gasteiger partial charge in [-0.2, -0.15) is 0 Å². The lowest BCUT2D eigenvalue weighted by atomic mass is 10.1. The van der Waals surface area contributed by atoms with E-state index in [1.54, 1.807) is 12.1 Å². The van der Waals surface area contributed by atoms with Gasteiger partial charge >= 0.3 is 6.09 Å². The Hall–Kier alpha value is -1.19. The zero-order valence-electron chi connectivity index (χ0n) is 10.4. The quantitative estimate of drug-likeness (QED) is 0.821. The van der Waals surface area contributed by atoms with E-state index in [0.29, 0.717) is 16.5 Å². The molecule has 5 heteroatoms. The summed E-state index contributed by atoms with van der Waals surface area (Å²) in [4.78, 5) is 12.7. The van der Waals surface area contributed by atoms with Crippen LogP contribution in [0.4, 0.5) is 4.79 Å². The number of carboxylic acid groups (broad SMARTS) is 1. The van der Waals surface area contributed by atoms with Gasteiger partial charge in [-0.1, -0.05) is 35.3 Å². The van der Waals surface area contributed by atoms with Gasteiger partial charge in [-0.3, -0.25) is 0 Å². The third kappa shape index (κ3) is 3.43. The van der Waals surface area contributed by atoms with Crippen LogP contribution >= 0.6 is 23.2 Å². The maximum absolute atomic E-state index is 11.2. The van der Waals surface area contributed by atoms with Gasteiger partial charge in [-0.05, 0) is 36.5 Å². The number of benzene rings is 1. The molecule has 1 aromatic rings. The Morgan fingerprint density at radius 2 is 2.16 bits per heavy atom. The van der Waals surface area contributed by atoms with Gasteiger partial charge in [0.25, 0.3) is 0 Å². The van der Waals surface area contributed by atoms with Crippen LogP contribution in [0.25, 0.3) is 0 Å². The van der Waals surface area contributed by atoms with Gasteiger partial charge in [-0.15, -0.1) is 6.58 Å². The lowest BCUT2D eigenvalue weighted by Gasteiger charge is -2.20. The van der Waals surface area contributed by atoms with Crippen LogP contribution in [0.1, 0.15) is 24.0 Å². The Kier molecular flexibility index (Phi) is 4.38. The van der Waals surface area contributed by atoms with E-state index >= 15 is 0 Å². The summed E-state index contributed by atoms with van der Waals surface area (Å²) in [5.74, 6) is 0. The number of amides is 1. The van der Waals surface area contributed by atoms with Crippen molar-refractivity contribution in [1.29, 1.82) is 0 Å². The normalized spacial score (nSPS) is 14.2. The predicted molar refractivity (Wildman–Crippen MR) is 77.0 cm³/mol. The van der Waals surface area contributed by atoms with Crippen molar-refractivity contribution in [1.82, 2.24) is 4.90 Å². The molecule has 0 aromatic heterocycles. The molecule has 1 amide bonds. The molecule has 0 saturated heterocycles. The van der Waals surface area contributed by atoms with Crippen LogP contribution < -0.4 is 0 Å². The minimum Gasteiger partial charge on any atom is -0.465 e. The van der Waals surface area contributed by atoms with Crippen LogP contribution in [0.3, 0.4) is 0 Å². The van der Waals surface area contributed by atoms with E-state index in [-0.39, 0.29) is 12.6 Å². The van der Waals surface area contributed by atoms with Crippen LogP contribution in [0.15, 0.2) is 24.8 Å². The van der Waals surface area contributed by atoms with E-state index in [1.165, 1.54) is 4.90 Å². The molecule has 1 fully saturated rings. The minimum atomic E-state index is -0.913. The summed E-state index contributed by atoms with van der Waals surface area (Å²) in [6, 6.07) is 3.81. The second-order valence-corrected chi connectivity index (χ2v) is 5.47. The molecule has 1 aliphatic carbocycles. The first kappa shape index (κ1) is 14.2. The number of hydrogen-bond donors (Lipinski definition) is 1. The topological polar surface area (TPSA) is 40.5 Å². The van der Waals surface area contributed by atoms with E-state index in [1.807, 2.05) is 6.07 Å². The van der Waals surface area contributed by atoms with E-state index in [2.05, 4.69) is 6.58 Å². The summed E-state index contributed by atoms with van der Waals surface area (Å²) in [5, 5.41) is 10.1. The average Bonchev–Trinajstić information content (AvgIpc) is 3.15. The standard InChI is InChI=1S/C14H15Cl2NO2/c1-2-3-9-6-10(13(16)12(15)7-9)8-17(14(18)19)11-4-5-11/h2,6-7,11H,1,3-5,8H2,(H,18,19). The maximum atomic E-state index is 11.2. The SMILES string of the molecule is C=CCc1cc(Cl)c(Cl)c(CN(C(=O)O)C2CC2)c1. The molecule has 1 saturated carbocycles. The first-order valence-corrected chi connectivity index (χ1v) is 6.85. The average molecular weight is 300 g/mol. The molecule has 0 bridgehead atoms. The number of rotatable bonds is 5. The molecule has 0 atom stereocenters. The number of allylic oxidation sites excluding steroid dienone is 1. The third-order valence-electron chi connectivity index (χ3n) is 3.12. The molecule has 1 N–H and O–H groups in total. The van der Waals surface area contributed by atoms with Crippen molar-refractivity contribution in [3.8, 4) is 0 Å². The minimum absolute atomic E-state index is 0.121. The van der Waals surface area contributed by atoms with Crippen molar-refractivity contribution >= 4 is 29.3 Å². The molecule has 0 heterocycles. The molecule has 102 valence electrons. The van der Waals surface area contributed by atoms with E-state index in [9.17, 15) is 9.90 Å². The van der Waals surface area contributed by atoms with Crippen molar-refractivity contribution in [2.45, 2.75) is 31.8 Å². The first-order chi connectivity index (χ1) is 9.02. The molecular formula is C14H15Cl2NO2. The summed E-state index contributed by atoms with van der Waals surface area (Å²) in [7, 11) is 0. The lowest BCUT2D eigenvalue weighted by Crippen LogP contribution is -2.31. The highest BCUT2D eigenvalue weighted by atomic mass is 35.5. The van der Waals surface area contributed by atoms with Gasteiger partial charge < -0.3 is 10.0 Å². The van der Waals surface area contributed by atoms with Crippen LogP contribution in [0.5, 0.6) is 0 Å². The maximum Gasteiger partial charge on any atom is 0.407 e. The molecular weight excluding hydrogens is 285 g/mol. The second-order valence-electron chi connectivity index (χ2n) is 4.69. The van der Waals surface area contributed by atoms with Gasteiger partial charge in [0, 0.05) is 6.04 Å². The number of halogens is 2. The summed E-state index contributed by atoms with van der Waals surface area (Å²) >= 11 is 12.2. The largest absolute Gasteiger partial charge is 0.465 e. The Morgan fingerprint density at radius 3 is 2.68 bits per heavy atom. The Bertz CT molecular complexity index is 512. The fraction of sp³-hybridized carbons (Fsp3) is 0.357. The van der Waals surface area contributed by atoms with Crippen molar-refractivity contribution in [2.75, 3.05) is 0 Å². The van der Waals surface area contributed by atoms with Crippen molar-refractivity contribution in [3.05, 3.63) is 46.0 Å². The zero-order chi connectivity index (χ0) is 14.0. The van der Waals surface area contributed by atoms with Gasteiger partial charge in [0.05, 0.1) is 16.6 Å². The summed E-state index contributed by atoms with van der Waals surface area (Å²) in [6.07, 6.45) is 3.39. The van der Waals surface area contributed by atoms with E-state index in [4.69, 9.17) is 23.2 Å². The highest BCUT2D eigenvalue weighted by Gasteiger charge is 2.33. The van der Waals surface area contributed by atoms with Crippen molar-refractivity contribution in [2.24, 2.45) is 0 Å². The predicted octanol–water partition coefficient (Wildman–Crippen LogP) is 4.36. The highest BCUT2D eigenvalue weighted by molar-refractivity contribution is 6.42. The van der Waals surface area contributed by atoms with E-state index < -0.39 is 6.09 Å². The fourth-order valence-electron chi connectivity index (χ4n) is 2.03. The molecule has 2 rings (SSSR count). The first-order valence-electron chi connectivity index (χ1n) is 6.10. The Labute approximate surface area is 122 Å². The molecule has 0 radical (unpaired) electrons. The van der Waals surface area contributed by atoms with Crippen LogP contribution in [0.2, 0.25) is 10.0 Å². The molecule has 3 nitrogen and oxygen atoms in total. The highest BCUT2D eigenvalue weighted by Crippen LogP contribution is 2.33. The summed E-state index contributed by atoms with van der Waals surface area (Å²) in [5.41, 5.74) is 1.74. The van der Waals surface area contributed by atoms with Gasteiger partial charge in [0.15, 0.2) is 0 Å². The van der Waals surface area contributed by atoms with E-state index in [0.717, 1.165) is 24.0 Å². The second kappa shape index (κ2) is 5.85. The van der Waals surface area contributed by atoms with Crippen LogP contribution in [-0.2, 0) is 13.0 Å². The number of carbonyl (C=O) groups is 1. The van der Waals surface area contributed by atoms with Crippen LogP contribution in [0, 0.1) is 0 Å². The molecule has 0 aliphatic heterocycles. The van der Waals surface area contributed by atoms with Gasteiger partial charge in [0.2, 0.25) is 0 Å². The lowest BCUT2D eigenvalue weighted by molar-refractivity contribution is 0.139. The molecule has 0 unspecified atom stereocenters. The zero-order valence-corrected chi connectivity index (χ0v) is 11.9. The summed E-state index contributed by atoms with van der Waals surface area (Å²) < 4.78 is 0. The number of nitrogens with zero attached hydrogens (tertiary/aromatic N) is 1. The smallest absolute Gasteiger partial charge is 0.407 e.